The Balaban J connectivity index is 2.53. The van der Waals surface area contributed by atoms with Gasteiger partial charge in [0.25, 0.3) is 0 Å². The molecule has 0 fully saturated rings. The molecule has 1 aromatic heterocycles. The largest absolute Gasteiger partial charge is 0.294 e. The molecule has 2 aromatic rings. The lowest BCUT2D eigenvalue weighted by atomic mass is 9.99. The molecule has 0 saturated carbocycles. The van der Waals surface area contributed by atoms with Gasteiger partial charge in [0.2, 0.25) is 0 Å². The van der Waals surface area contributed by atoms with Crippen molar-refractivity contribution < 1.29 is 4.79 Å². The highest BCUT2D eigenvalue weighted by atomic mass is 35.5. The summed E-state index contributed by atoms with van der Waals surface area (Å²) in [6.45, 7) is 4.03. The van der Waals surface area contributed by atoms with E-state index in [4.69, 9.17) is 11.6 Å². The first-order valence-corrected chi connectivity index (χ1v) is 5.62. The lowest BCUT2D eigenvalue weighted by Gasteiger charge is -2.06. The number of H-pyrrole nitrogens is 1. The van der Waals surface area contributed by atoms with E-state index in [1.807, 2.05) is 19.9 Å². The van der Waals surface area contributed by atoms with Gasteiger partial charge in [-0.3, -0.25) is 9.89 Å². The van der Waals surface area contributed by atoms with Gasteiger partial charge in [0.05, 0.1) is 16.7 Å². The van der Waals surface area contributed by atoms with Crippen molar-refractivity contribution in [2.45, 2.75) is 20.3 Å². The zero-order valence-corrected chi connectivity index (χ0v) is 10.0. The van der Waals surface area contributed by atoms with E-state index in [1.165, 1.54) is 0 Å². The van der Waals surface area contributed by atoms with Crippen LogP contribution in [-0.2, 0) is 0 Å². The predicted molar refractivity (Wildman–Crippen MR) is 64.9 cm³/mol. The Morgan fingerprint density at radius 1 is 1.50 bits per heavy atom. The molecule has 0 unspecified atom stereocenters. The van der Waals surface area contributed by atoms with Crippen LogP contribution in [0.5, 0.6) is 0 Å². The van der Waals surface area contributed by atoms with E-state index in [0.717, 1.165) is 10.9 Å². The molecule has 4 heteroatoms. The van der Waals surface area contributed by atoms with E-state index < -0.39 is 0 Å². The number of nitrogens with one attached hydrogen (secondary N) is 1. The zero-order chi connectivity index (χ0) is 11.7. The normalized spacial score (nSPS) is 11.2. The number of hydrogen-bond acceptors (Lipinski definition) is 2. The van der Waals surface area contributed by atoms with Crippen molar-refractivity contribution in [3.05, 3.63) is 28.9 Å². The van der Waals surface area contributed by atoms with Crippen LogP contribution in [0.1, 0.15) is 30.6 Å². The van der Waals surface area contributed by atoms with Crippen molar-refractivity contribution in [1.29, 1.82) is 0 Å². The average molecular weight is 237 g/mol. The van der Waals surface area contributed by atoms with Crippen LogP contribution >= 0.6 is 11.6 Å². The first-order chi connectivity index (χ1) is 7.59. The van der Waals surface area contributed by atoms with Gasteiger partial charge in [-0.25, -0.2) is 0 Å². The maximum Gasteiger partial charge on any atom is 0.165 e. The SMILES string of the molecule is CC(C)CC(=O)c1c(Cl)ccc2[nH]ncc12. The number of Topliss-reactive ketones (excluding diaryl/α,β-unsaturated/α-hetero) is 1. The molecule has 0 spiro atoms. The molecule has 0 saturated heterocycles. The summed E-state index contributed by atoms with van der Waals surface area (Å²) in [4.78, 5) is 12.1. The molecular weight excluding hydrogens is 224 g/mol. The Bertz CT molecular complexity index is 531. The first kappa shape index (κ1) is 11.1. The van der Waals surface area contributed by atoms with Crippen molar-refractivity contribution in [2.24, 2.45) is 5.92 Å². The molecule has 2 rings (SSSR count). The number of aromatic nitrogens is 2. The summed E-state index contributed by atoms with van der Waals surface area (Å²) >= 11 is 6.08. The third kappa shape index (κ3) is 1.95. The van der Waals surface area contributed by atoms with Gasteiger partial charge >= 0.3 is 0 Å². The number of fused-ring (bicyclic) bond motifs is 1. The topological polar surface area (TPSA) is 45.8 Å². The summed E-state index contributed by atoms with van der Waals surface area (Å²) < 4.78 is 0. The van der Waals surface area contributed by atoms with E-state index in [-0.39, 0.29) is 5.78 Å². The number of nitrogens with zero attached hydrogens (tertiary/aromatic N) is 1. The van der Waals surface area contributed by atoms with Crippen LogP contribution in [0.2, 0.25) is 5.02 Å². The first-order valence-electron chi connectivity index (χ1n) is 5.24. The van der Waals surface area contributed by atoms with Crippen LogP contribution in [0, 0.1) is 5.92 Å². The van der Waals surface area contributed by atoms with Crippen molar-refractivity contribution in [3.63, 3.8) is 0 Å². The maximum atomic E-state index is 12.1. The lowest BCUT2D eigenvalue weighted by Crippen LogP contribution is -2.04. The minimum absolute atomic E-state index is 0.0759. The molecule has 0 atom stereocenters. The van der Waals surface area contributed by atoms with Gasteiger partial charge in [-0.2, -0.15) is 5.10 Å². The molecule has 0 amide bonds. The highest BCUT2D eigenvalue weighted by molar-refractivity contribution is 6.35. The molecule has 1 heterocycles. The van der Waals surface area contributed by atoms with Gasteiger partial charge in [0.1, 0.15) is 0 Å². The van der Waals surface area contributed by atoms with E-state index in [2.05, 4.69) is 10.2 Å². The van der Waals surface area contributed by atoms with Crippen LogP contribution in [0.25, 0.3) is 10.9 Å². The Kier molecular flexibility index (Phi) is 2.97. The standard InChI is InChI=1S/C12H13ClN2O/c1-7(2)5-11(16)12-8-6-14-15-10(8)4-3-9(12)13/h3-4,6-7H,5H2,1-2H3,(H,14,15). The maximum absolute atomic E-state index is 12.1. The number of carbonyl (C=O) groups is 1. The van der Waals surface area contributed by atoms with Crippen molar-refractivity contribution in [3.8, 4) is 0 Å². The molecule has 84 valence electrons. The number of hydrogen-bond donors (Lipinski definition) is 1. The lowest BCUT2D eigenvalue weighted by molar-refractivity contribution is 0.0969. The van der Waals surface area contributed by atoms with Crippen molar-refractivity contribution in [2.75, 3.05) is 0 Å². The van der Waals surface area contributed by atoms with E-state index >= 15 is 0 Å². The minimum Gasteiger partial charge on any atom is -0.294 e. The summed E-state index contributed by atoms with van der Waals surface area (Å²) in [5.74, 6) is 0.401. The summed E-state index contributed by atoms with van der Waals surface area (Å²) in [7, 11) is 0. The van der Waals surface area contributed by atoms with Crippen LogP contribution in [0.4, 0.5) is 0 Å². The molecule has 0 aliphatic carbocycles. The summed E-state index contributed by atoms with van der Waals surface area (Å²) in [6.07, 6.45) is 2.15. The molecular formula is C12H13ClN2O. The molecule has 0 bridgehead atoms. The predicted octanol–water partition coefficient (Wildman–Crippen LogP) is 3.45. The summed E-state index contributed by atoms with van der Waals surface area (Å²) in [6, 6.07) is 3.56. The highest BCUT2D eigenvalue weighted by Gasteiger charge is 2.16. The molecule has 0 radical (unpaired) electrons. The van der Waals surface area contributed by atoms with Gasteiger partial charge in [-0.1, -0.05) is 25.4 Å². The van der Waals surface area contributed by atoms with Gasteiger partial charge in [0, 0.05) is 17.4 Å². The molecule has 3 nitrogen and oxygen atoms in total. The Labute approximate surface area is 98.8 Å². The summed E-state index contributed by atoms with van der Waals surface area (Å²) in [5.41, 5.74) is 1.43. The molecule has 1 aromatic carbocycles. The quantitative estimate of drug-likeness (QED) is 0.830. The van der Waals surface area contributed by atoms with Crippen molar-refractivity contribution in [1.82, 2.24) is 10.2 Å². The third-order valence-corrected chi connectivity index (χ3v) is 2.76. The molecule has 0 aliphatic rings. The van der Waals surface area contributed by atoms with Gasteiger partial charge < -0.3 is 0 Å². The van der Waals surface area contributed by atoms with Crippen LogP contribution < -0.4 is 0 Å². The fourth-order valence-corrected chi connectivity index (χ4v) is 2.02. The fraction of sp³-hybridized carbons (Fsp3) is 0.333. The number of ketones is 1. The number of halogens is 1. The Morgan fingerprint density at radius 2 is 2.25 bits per heavy atom. The molecule has 1 N–H and O–H groups in total. The zero-order valence-electron chi connectivity index (χ0n) is 9.25. The fourth-order valence-electron chi connectivity index (χ4n) is 1.75. The second-order valence-electron chi connectivity index (χ2n) is 4.27. The van der Waals surface area contributed by atoms with Gasteiger partial charge in [0.15, 0.2) is 5.78 Å². The van der Waals surface area contributed by atoms with Crippen LogP contribution in [0.15, 0.2) is 18.3 Å². The van der Waals surface area contributed by atoms with Gasteiger partial charge in [-0.15, -0.1) is 0 Å². The number of carbonyl (C=O) groups excluding carboxylic acids is 1. The second kappa shape index (κ2) is 4.26. The third-order valence-electron chi connectivity index (χ3n) is 2.45. The molecule has 16 heavy (non-hydrogen) atoms. The van der Waals surface area contributed by atoms with E-state index in [0.29, 0.717) is 22.9 Å². The second-order valence-corrected chi connectivity index (χ2v) is 4.68. The van der Waals surface area contributed by atoms with Crippen molar-refractivity contribution >= 4 is 28.3 Å². The van der Waals surface area contributed by atoms with Crippen LogP contribution in [0.3, 0.4) is 0 Å². The average Bonchev–Trinajstić information content (AvgIpc) is 2.63. The van der Waals surface area contributed by atoms with E-state index in [1.54, 1.807) is 12.3 Å². The Hall–Kier alpha value is -1.35. The summed E-state index contributed by atoms with van der Waals surface area (Å²) in [5, 5.41) is 8.07. The highest BCUT2D eigenvalue weighted by Crippen LogP contribution is 2.26. The number of rotatable bonds is 3. The van der Waals surface area contributed by atoms with Crippen LogP contribution in [-0.4, -0.2) is 16.0 Å². The smallest absolute Gasteiger partial charge is 0.165 e. The number of benzene rings is 1. The van der Waals surface area contributed by atoms with E-state index in [9.17, 15) is 4.79 Å². The number of aromatic amines is 1. The minimum atomic E-state index is 0.0759. The molecule has 0 aliphatic heterocycles. The monoisotopic (exact) mass is 236 g/mol. The van der Waals surface area contributed by atoms with Gasteiger partial charge in [-0.05, 0) is 18.1 Å². The Morgan fingerprint density at radius 3 is 2.94 bits per heavy atom.